The Morgan fingerprint density at radius 3 is 2.70 bits per heavy atom. The van der Waals surface area contributed by atoms with Crippen LogP contribution in [0.4, 0.5) is 24.7 Å². The number of aromatic nitrogens is 1. The minimum atomic E-state index is -4.47. The molecule has 1 atom stereocenters. The third-order valence-electron chi connectivity index (χ3n) is 4.70. The van der Waals surface area contributed by atoms with Crippen molar-refractivity contribution in [3.63, 3.8) is 0 Å². The van der Waals surface area contributed by atoms with E-state index < -0.39 is 17.6 Å². The maximum Gasteiger partial charge on any atom is 0.416 e. The summed E-state index contributed by atoms with van der Waals surface area (Å²) in [6, 6.07) is 7.96. The molecule has 6 nitrogen and oxygen atoms in total. The molecule has 1 fully saturated rings. The zero-order valence-electron chi connectivity index (χ0n) is 15.9. The van der Waals surface area contributed by atoms with Crippen molar-refractivity contribution >= 4 is 39.2 Å². The van der Waals surface area contributed by atoms with Gasteiger partial charge in [-0.25, -0.2) is 4.98 Å². The average molecular weight is 485 g/mol. The van der Waals surface area contributed by atoms with E-state index in [1.54, 1.807) is 18.3 Å². The molecule has 3 rings (SSSR count). The van der Waals surface area contributed by atoms with Crippen molar-refractivity contribution in [1.82, 2.24) is 9.88 Å². The second-order valence-electron chi connectivity index (χ2n) is 7.05. The smallest absolute Gasteiger partial charge is 0.325 e. The van der Waals surface area contributed by atoms with Crippen molar-refractivity contribution in [3.05, 3.63) is 52.6 Å². The van der Waals surface area contributed by atoms with Crippen molar-refractivity contribution in [2.75, 3.05) is 30.3 Å². The number of nitrogens with one attached hydrogen (secondary N) is 2. The van der Waals surface area contributed by atoms with Crippen LogP contribution in [0.15, 0.2) is 47.1 Å². The lowest BCUT2D eigenvalue weighted by molar-refractivity contribution is -0.137. The predicted molar refractivity (Wildman–Crippen MR) is 110 cm³/mol. The number of piperidine rings is 1. The standard InChI is InChI=1S/C20H20BrF3N4O2/c21-15-6-7-17(25-10-15)27-19(30)13-3-2-8-28(11-13)12-18(29)26-16-5-1-4-14(9-16)20(22,23)24/h1,4-7,9-10,13H,2-3,8,11-12H2,(H,26,29)(H,25,27,30). The van der Waals surface area contributed by atoms with Gasteiger partial charge in [-0.2, -0.15) is 13.2 Å². The van der Waals surface area contributed by atoms with Crippen LogP contribution in [0.1, 0.15) is 18.4 Å². The first-order valence-electron chi connectivity index (χ1n) is 9.32. The van der Waals surface area contributed by atoms with E-state index in [2.05, 4.69) is 31.5 Å². The molecule has 1 aromatic carbocycles. The summed E-state index contributed by atoms with van der Waals surface area (Å²) in [6.07, 6.45) is -1.46. The summed E-state index contributed by atoms with van der Waals surface area (Å²) in [7, 11) is 0. The summed E-state index contributed by atoms with van der Waals surface area (Å²) in [6.45, 7) is 1.02. The van der Waals surface area contributed by atoms with Gasteiger partial charge in [-0.3, -0.25) is 14.5 Å². The van der Waals surface area contributed by atoms with Crippen LogP contribution in [0.3, 0.4) is 0 Å². The van der Waals surface area contributed by atoms with Crippen LogP contribution in [0.25, 0.3) is 0 Å². The van der Waals surface area contributed by atoms with Crippen LogP contribution < -0.4 is 10.6 Å². The molecule has 2 heterocycles. The zero-order chi connectivity index (χ0) is 21.7. The Hall–Kier alpha value is -2.46. The molecule has 0 spiro atoms. The molecule has 1 saturated heterocycles. The summed E-state index contributed by atoms with van der Waals surface area (Å²) in [5.74, 6) is -0.453. The van der Waals surface area contributed by atoms with E-state index >= 15 is 0 Å². The first-order chi connectivity index (χ1) is 14.2. The number of halogens is 4. The number of nitrogens with zero attached hydrogens (tertiary/aromatic N) is 2. The molecule has 2 aromatic rings. The first kappa shape index (κ1) is 22.2. The van der Waals surface area contributed by atoms with Gasteiger partial charge in [0, 0.05) is 22.9 Å². The summed E-state index contributed by atoms with van der Waals surface area (Å²) in [5, 5.41) is 5.26. The molecule has 2 amide bonds. The number of likely N-dealkylation sites (tertiary alicyclic amines) is 1. The van der Waals surface area contributed by atoms with Crippen molar-refractivity contribution in [2.45, 2.75) is 19.0 Å². The zero-order valence-corrected chi connectivity index (χ0v) is 17.5. The fourth-order valence-electron chi connectivity index (χ4n) is 3.27. The Bertz CT molecular complexity index is 906. The number of amides is 2. The average Bonchev–Trinajstić information content (AvgIpc) is 2.69. The van der Waals surface area contributed by atoms with Crippen molar-refractivity contribution in [1.29, 1.82) is 0 Å². The molecular formula is C20H20BrF3N4O2. The van der Waals surface area contributed by atoms with Gasteiger partial charge in [-0.05, 0) is 65.6 Å². The highest BCUT2D eigenvalue weighted by atomic mass is 79.9. The molecule has 1 aliphatic rings. The molecule has 2 N–H and O–H groups in total. The monoisotopic (exact) mass is 484 g/mol. The molecule has 1 aliphatic heterocycles. The molecular weight excluding hydrogens is 465 g/mol. The largest absolute Gasteiger partial charge is 0.416 e. The number of anilines is 2. The van der Waals surface area contributed by atoms with Crippen molar-refractivity contribution < 1.29 is 22.8 Å². The lowest BCUT2D eigenvalue weighted by Crippen LogP contribution is -2.44. The van der Waals surface area contributed by atoms with Gasteiger partial charge in [-0.1, -0.05) is 6.07 Å². The molecule has 0 saturated carbocycles. The second-order valence-corrected chi connectivity index (χ2v) is 7.97. The van der Waals surface area contributed by atoms with Crippen LogP contribution in [0.2, 0.25) is 0 Å². The van der Waals surface area contributed by atoms with Gasteiger partial charge >= 0.3 is 6.18 Å². The maximum atomic E-state index is 12.8. The Morgan fingerprint density at radius 1 is 1.20 bits per heavy atom. The Labute approximate surface area is 180 Å². The number of alkyl halides is 3. The number of carbonyl (C=O) groups excluding carboxylic acids is 2. The lowest BCUT2D eigenvalue weighted by atomic mass is 9.97. The highest BCUT2D eigenvalue weighted by molar-refractivity contribution is 9.10. The minimum absolute atomic E-state index is 0.00341. The quantitative estimate of drug-likeness (QED) is 0.668. The van der Waals surface area contributed by atoms with Crippen LogP contribution in [-0.4, -0.2) is 41.3 Å². The highest BCUT2D eigenvalue weighted by Gasteiger charge is 2.31. The highest BCUT2D eigenvalue weighted by Crippen LogP contribution is 2.30. The summed E-state index contributed by atoms with van der Waals surface area (Å²) < 4.78 is 39.2. The van der Waals surface area contributed by atoms with Crippen LogP contribution >= 0.6 is 15.9 Å². The van der Waals surface area contributed by atoms with E-state index in [1.807, 2.05) is 4.90 Å². The Kier molecular flexibility index (Phi) is 7.09. The molecule has 1 unspecified atom stereocenters. The molecule has 30 heavy (non-hydrogen) atoms. The van der Waals surface area contributed by atoms with Crippen molar-refractivity contribution in [2.24, 2.45) is 5.92 Å². The van der Waals surface area contributed by atoms with E-state index in [9.17, 15) is 22.8 Å². The Morgan fingerprint density at radius 2 is 2.00 bits per heavy atom. The number of pyridine rings is 1. The minimum Gasteiger partial charge on any atom is -0.325 e. The fourth-order valence-corrected chi connectivity index (χ4v) is 3.50. The van der Waals surface area contributed by atoms with Gasteiger partial charge in [-0.15, -0.1) is 0 Å². The number of hydrogen-bond donors (Lipinski definition) is 2. The number of rotatable bonds is 5. The van der Waals surface area contributed by atoms with Gasteiger partial charge in [0.25, 0.3) is 0 Å². The van der Waals surface area contributed by atoms with Gasteiger partial charge in [0.05, 0.1) is 18.0 Å². The van der Waals surface area contributed by atoms with E-state index in [0.717, 1.165) is 23.0 Å². The van der Waals surface area contributed by atoms with E-state index in [-0.39, 0.29) is 24.1 Å². The molecule has 0 radical (unpaired) electrons. The molecule has 10 heteroatoms. The van der Waals surface area contributed by atoms with Gasteiger partial charge in [0.15, 0.2) is 0 Å². The van der Waals surface area contributed by atoms with Crippen LogP contribution in [0, 0.1) is 5.92 Å². The van der Waals surface area contributed by atoms with Crippen LogP contribution in [-0.2, 0) is 15.8 Å². The third-order valence-corrected chi connectivity index (χ3v) is 5.16. The van der Waals surface area contributed by atoms with E-state index in [4.69, 9.17) is 0 Å². The number of hydrogen-bond acceptors (Lipinski definition) is 4. The molecule has 0 bridgehead atoms. The summed E-state index contributed by atoms with van der Waals surface area (Å²) >= 11 is 3.28. The predicted octanol–water partition coefficient (Wildman–Crippen LogP) is 4.15. The number of benzene rings is 1. The topological polar surface area (TPSA) is 74.3 Å². The molecule has 0 aliphatic carbocycles. The van der Waals surface area contributed by atoms with E-state index in [1.165, 1.54) is 12.1 Å². The van der Waals surface area contributed by atoms with Crippen LogP contribution in [0.5, 0.6) is 0 Å². The fraction of sp³-hybridized carbons (Fsp3) is 0.350. The van der Waals surface area contributed by atoms with Gasteiger partial charge in [0.2, 0.25) is 11.8 Å². The third kappa shape index (κ3) is 6.27. The number of carbonyl (C=O) groups is 2. The van der Waals surface area contributed by atoms with Gasteiger partial charge in [0.1, 0.15) is 5.82 Å². The second kappa shape index (κ2) is 9.57. The Balaban J connectivity index is 1.53. The van der Waals surface area contributed by atoms with Gasteiger partial charge < -0.3 is 10.6 Å². The van der Waals surface area contributed by atoms with E-state index in [0.29, 0.717) is 25.3 Å². The first-order valence-corrected chi connectivity index (χ1v) is 10.1. The normalized spacial score (nSPS) is 17.4. The maximum absolute atomic E-state index is 12.8. The summed E-state index contributed by atoms with van der Waals surface area (Å²) in [4.78, 5) is 30.7. The van der Waals surface area contributed by atoms with Crippen molar-refractivity contribution in [3.8, 4) is 0 Å². The lowest BCUT2D eigenvalue weighted by Gasteiger charge is -2.31. The summed E-state index contributed by atoms with van der Waals surface area (Å²) in [5.41, 5.74) is -0.737. The molecule has 1 aromatic heterocycles. The SMILES string of the molecule is O=C(CN1CCCC(C(=O)Nc2ccc(Br)cn2)C1)Nc1cccc(C(F)(F)F)c1. The molecule has 160 valence electrons.